The number of amides is 2. The number of Topliss-reactive ketones (excluding diaryl/α,β-unsaturated/α-hetero) is 1. The lowest BCUT2D eigenvalue weighted by Gasteiger charge is -2.28. The zero-order valence-corrected chi connectivity index (χ0v) is 20.8. The van der Waals surface area contributed by atoms with Gasteiger partial charge in [0.05, 0.1) is 12.6 Å². The minimum Gasteiger partial charge on any atom is -0.619 e. The van der Waals surface area contributed by atoms with Gasteiger partial charge in [-0.25, -0.2) is 13.2 Å². The Morgan fingerprint density at radius 3 is 2.74 bits per heavy atom. The Bertz CT molecular complexity index is 1220. The zero-order chi connectivity index (χ0) is 25.3. The SMILES string of the molecule is CC(C)CC(NC(=O)Oc1cccs1)C(=O)N1CCC2C1C(=O)CN2S(=O)(=O)c1ccc[n+]([O-])c1. The maximum Gasteiger partial charge on any atom is 0.414 e. The molecular weight excluding hydrogens is 496 g/mol. The second kappa shape index (κ2) is 9.91. The van der Waals surface area contributed by atoms with Gasteiger partial charge in [-0.15, -0.1) is 11.3 Å². The molecular formula is C22H26N4O7S2. The molecule has 13 heteroatoms. The van der Waals surface area contributed by atoms with Crippen LogP contribution in [0.1, 0.15) is 26.7 Å². The van der Waals surface area contributed by atoms with E-state index < -0.39 is 52.5 Å². The van der Waals surface area contributed by atoms with E-state index in [4.69, 9.17) is 4.74 Å². The first kappa shape index (κ1) is 25.1. The average molecular weight is 523 g/mol. The molecule has 188 valence electrons. The van der Waals surface area contributed by atoms with Gasteiger partial charge < -0.3 is 20.2 Å². The minimum absolute atomic E-state index is 0.0532. The van der Waals surface area contributed by atoms with Crippen LogP contribution in [0.4, 0.5) is 4.79 Å². The van der Waals surface area contributed by atoms with Gasteiger partial charge in [-0.05, 0) is 42.3 Å². The minimum atomic E-state index is -4.12. The number of hydrogen-bond donors (Lipinski definition) is 1. The number of likely N-dealkylation sites (tertiary alicyclic amines) is 1. The molecule has 2 aromatic rings. The molecule has 0 aliphatic carbocycles. The first-order valence-corrected chi connectivity index (χ1v) is 13.5. The summed E-state index contributed by atoms with van der Waals surface area (Å²) in [7, 11) is -4.12. The summed E-state index contributed by atoms with van der Waals surface area (Å²) in [5.74, 6) is -0.809. The molecule has 3 atom stereocenters. The number of carbonyl (C=O) groups is 3. The van der Waals surface area contributed by atoms with Crippen molar-refractivity contribution in [3.8, 4) is 5.06 Å². The van der Waals surface area contributed by atoms with Gasteiger partial charge in [-0.2, -0.15) is 9.04 Å². The number of rotatable bonds is 7. The molecule has 2 aliphatic heterocycles. The highest BCUT2D eigenvalue weighted by molar-refractivity contribution is 7.89. The van der Waals surface area contributed by atoms with E-state index in [1.165, 1.54) is 28.4 Å². The third-order valence-corrected chi connectivity index (χ3v) is 8.60. The van der Waals surface area contributed by atoms with Gasteiger partial charge in [0.25, 0.3) is 0 Å². The summed E-state index contributed by atoms with van der Waals surface area (Å²) in [5.41, 5.74) is 0. The summed E-state index contributed by atoms with van der Waals surface area (Å²) < 4.78 is 33.0. The van der Waals surface area contributed by atoms with Gasteiger partial charge in [0.1, 0.15) is 17.0 Å². The van der Waals surface area contributed by atoms with Crippen LogP contribution in [-0.4, -0.2) is 66.6 Å². The molecule has 11 nitrogen and oxygen atoms in total. The van der Waals surface area contributed by atoms with E-state index in [2.05, 4.69) is 5.32 Å². The fraction of sp³-hybridized carbons (Fsp3) is 0.455. The van der Waals surface area contributed by atoms with Crippen LogP contribution >= 0.6 is 11.3 Å². The third-order valence-electron chi connectivity index (χ3n) is 6.00. The summed E-state index contributed by atoms with van der Waals surface area (Å²) >= 11 is 1.23. The second-order valence-electron chi connectivity index (χ2n) is 8.90. The Labute approximate surface area is 206 Å². The number of nitrogens with zero attached hydrogens (tertiary/aromatic N) is 3. The van der Waals surface area contributed by atoms with Crippen molar-refractivity contribution in [1.29, 1.82) is 0 Å². The first-order chi connectivity index (χ1) is 16.6. The Kier molecular flexibility index (Phi) is 7.10. The van der Waals surface area contributed by atoms with Gasteiger partial charge in [-0.3, -0.25) is 9.59 Å². The number of hydrogen-bond acceptors (Lipinski definition) is 8. The predicted octanol–water partition coefficient (Wildman–Crippen LogP) is 1.13. The number of ether oxygens (including phenoxy) is 1. The molecule has 2 saturated heterocycles. The topological polar surface area (TPSA) is 140 Å². The van der Waals surface area contributed by atoms with E-state index in [0.29, 0.717) is 16.2 Å². The number of carbonyl (C=O) groups excluding carboxylic acids is 3. The van der Waals surface area contributed by atoms with Crippen molar-refractivity contribution < 1.29 is 32.3 Å². The van der Waals surface area contributed by atoms with Crippen LogP contribution in [0.5, 0.6) is 5.06 Å². The quantitative estimate of drug-likeness (QED) is 0.425. The highest BCUT2D eigenvalue weighted by atomic mass is 32.2. The second-order valence-corrected chi connectivity index (χ2v) is 11.7. The molecule has 0 aromatic carbocycles. The summed E-state index contributed by atoms with van der Waals surface area (Å²) in [6, 6.07) is 3.33. The number of pyridine rings is 1. The predicted molar refractivity (Wildman–Crippen MR) is 125 cm³/mol. The molecule has 0 bridgehead atoms. The molecule has 4 heterocycles. The summed E-state index contributed by atoms with van der Waals surface area (Å²) in [5, 5.41) is 16.3. The Morgan fingerprint density at radius 2 is 2.09 bits per heavy atom. The van der Waals surface area contributed by atoms with Crippen LogP contribution in [0.2, 0.25) is 0 Å². The fourth-order valence-corrected chi connectivity index (χ4v) is 6.75. The number of thiophene rings is 1. The van der Waals surface area contributed by atoms with Crippen LogP contribution in [0.25, 0.3) is 0 Å². The van der Waals surface area contributed by atoms with Crippen LogP contribution in [0, 0.1) is 11.1 Å². The standard InChI is InChI=1S/C22H26N4O7S2/c1-14(2)11-16(23-22(29)33-19-6-4-10-34-19)21(28)25-9-7-17-20(25)18(27)13-26(17)35(31,32)15-5-3-8-24(30)12-15/h3-6,8,10,12,14,16-17,20H,7,9,11,13H2,1-2H3,(H,23,29). The number of aromatic nitrogens is 1. The molecule has 35 heavy (non-hydrogen) atoms. The van der Waals surface area contributed by atoms with Crippen molar-refractivity contribution in [2.45, 2.75) is 49.7 Å². The fourth-order valence-electron chi connectivity index (χ4n) is 4.54. The molecule has 2 aliphatic rings. The van der Waals surface area contributed by atoms with E-state index in [-0.39, 0.29) is 23.8 Å². The Morgan fingerprint density at radius 1 is 1.31 bits per heavy atom. The monoisotopic (exact) mass is 522 g/mol. The van der Waals surface area contributed by atoms with Crippen LogP contribution in [-0.2, 0) is 19.6 Å². The van der Waals surface area contributed by atoms with Gasteiger partial charge in [0.2, 0.25) is 15.9 Å². The largest absolute Gasteiger partial charge is 0.619 e. The van der Waals surface area contributed by atoms with Crippen molar-refractivity contribution in [2.75, 3.05) is 13.1 Å². The Balaban J connectivity index is 1.52. The highest BCUT2D eigenvalue weighted by Crippen LogP contribution is 2.34. The van der Waals surface area contributed by atoms with Gasteiger partial charge in [0, 0.05) is 12.6 Å². The first-order valence-electron chi connectivity index (χ1n) is 11.1. The summed E-state index contributed by atoms with van der Waals surface area (Å²) in [6.45, 7) is 3.57. The van der Waals surface area contributed by atoms with E-state index in [1.807, 2.05) is 13.8 Å². The van der Waals surface area contributed by atoms with Crippen molar-refractivity contribution in [3.05, 3.63) is 47.2 Å². The number of sulfonamides is 1. The summed E-state index contributed by atoms with van der Waals surface area (Å²) in [6.07, 6.45) is 1.90. The molecule has 0 radical (unpaired) electrons. The van der Waals surface area contributed by atoms with Crippen molar-refractivity contribution in [1.82, 2.24) is 14.5 Å². The highest BCUT2D eigenvalue weighted by Gasteiger charge is 2.54. The smallest absolute Gasteiger partial charge is 0.414 e. The van der Waals surface area contributed by atoms with Gasteiger partial charge >= 0.3 is 6.09 Å². The molecule has 2 fully saturated rings. The van der Waals surface area contributed by atoms with E-state index in [0.717, 1.165) is 16.7 Å². The lowest BCUT2D eigenvalue weighted by molar-refractivity contribution is -0.607. The van der Waals surface area contributed by atoms with Crippen molar-refractivity contribution >= 4 is 39.1 Å². The number of nitrogens with one attached hydrogen (secondary N) is 1. The molecule has 0 saturated carbocycles. The molecule has 1 N–H and O–H groups in total. The van der Waals surface area contributed by atoms with Crippen molar-refractivity contribution in [2.24, 2.45) is 5.92 Å². The van der Waals surface area contributed by atoms with Gasteiger partial charge in [-0.1, -0.05) is 13.8 Å². The van der Waals surface area contributed by atoms with Crippen molar-refractivity contribution in [3.63, 3.8) is 0 Å². The van der Waals surface area contributed by atoms with Crippen LogP contribution in [0.3, 0.4) is 0 Å². The Hall–Kier alpha value is -3.03. The van der Waals surface area contributed by atoms with E-state index in [1.54, 1.807) is 17.5 Å². The maximum atomic E-state index is 13.5. The average Bonchev–Trinajstić information content (AvgIpc) is 3.51. The molecule has 4 rings (SSSR count). The van der Waals surface area contributed by atoms with Crippen LogP contribution in [0.15, 0.2) is 46.9 Å². The lowest BCUT2D eigenvalue weighted by atomic mass is 10.0. The van der Waals surface area contributed by atoms with Gasteiger partial charge in [0.15, 0.2) is 23.2 Å². The van der Waals surface area contributed by atoms with Crippen LogP contribution < -0.4 is 14.8 Å². The number of ketones is 1. The maximum absolute atomic E-state index is 13.5. The van der Waals surface area contributed by atoms with E-state index >= 15 is 0 Å². The molecule has 2 amide bonds. The van der Waals surface area contributed by atoms with E-state index in [9.17, 15) is 28.0 Å². The molecule has 0 spiro atoms. The normalized spacial score (nSPS) is 21.2. The molecule has 2 aromatic heterocycles. The number of fused-ring (bicyclic) bond motifs is 1. The lowest BCUT2D eigenvalue weighted by Crippen LogP contribution is -2.53. The summed E-state index contributed by atoms with van der Waals surface area (Å²) in [4.78, 5) is 39.9. The zero-order valence-electron chi connectivity index (χ0n) is 19.2. The third kappa shape index (κ3) is 5.16. The molecule has 3 unspecified atom stereocenters.